The first-order valence-electron chi connectivity index (χ1n) is 7.09. The molecule has 0 saturated heterocycles. The van der Waals surface area contributed by atoms with Gasteiger partial charge in [0, 0.05) is 6.04 Å². The molecule has 96 valence electrons. The van der Waals surface area contributed by atoms with Gasteiger partial charge in [-0.2, -0.15) is 0 Å². The summed E-state index contributed by atoms with van der Waals surface area (Å²) in [5.41, 5.74) is 3.07. The van der Waals surface area contributed by atoms with Crippen molar-refractivity contribution < 1.29 is 0 Å². The van der Waals surface area contributed by atoms with Crippen molar-refractivity contribution in [1.82, 2.24) is 5.43 Å². The molecule has 2 heteroatoms. The van der Waals surface area contributed by atoms with Crippen LogP contribution in [0.25, 0.3) is 0 Å². The summed E-state index contributed by atoms with van der Waals surface area (Å²) in [5.74, 6) is 8.26. The topological polar surface area (TPSA) is 38.0 Å². The predicted molar refractivity (Wildman–Crippen MR) is 70.9 cm³/mol. The number of hydrogen-bond donors (Lipinski definition) is 2. The van der Waals surface area contributed by atoms with E-state index < -0.39 is 0 Å². The lowest BCUT2D eigenvalue weighted by Crippen LogP contribution is -2.42. The highest BCUT2D eigenvalue weighted by atomic mass is 15.2. The molecule has 0 aromatic carbocycles. The van der Waals surface area contributed by atoms with E-state index in [1.165, 1.54) is 44.9 Å². The quantitative estimate of drug-likeness (QED) is 0.537. The molecule has 0 aromatic rings. The van der Waals surface area contributed by atoms with E-state index >= 15 is 0 Å². The van der Waals surface area contributed by atoms with Gasteiger partial charge in [0.1, 0.15) is 0 Å². The van der Waals surface area contributed by atoms with E-state index in [-0.39, 0.29) is 0 Å². The van der Waals surface area contributed by atoms with Crippen LogP contribution in [0.15, 0.2) is 0 Å². The number of nitrogens with two attached hydrogens (primary N) is 1. The first-order chi connectivity index (χ1) is 7.63. The Balaban J connectivity index is 2.28. The van der Waals surface area contributed by atoms with Gasteiger partial charge in [0.2, 0.25) is 0 Å². The molecule has 0 heterocycles. The molecule has 0 bridgehead atoms. The Morgan fingerprint density at radius 2 is 2.00 bits per heavy atom. The van der Waals surface area contributed by atoms with Crippen LogP contribution >= 0.6 is 0 Å². The maximum absolute atomic E-state index is 5.72. The summed E-state index contributed by atoms with van der Waals surface area (Å²) in [6.45, 7) is 6.98. The summed E-state index contributed by atoms with van der Waals surface area (Å²) in [4.78, 5) is 0. The molecular formula is C14H30N2. The second kappa shape index (κ2) is 7.29. The van der Waals surface area contributed by atoms with Crippen molar-refractivity contribution in [1.29, 1.82) is 0 Å². The number of nitrogens with one attached hydrogen (secondary N) is 1. The minimum absolute atomic E-state index is 0.557. The second-order valence-electron chi connectivity index (χ2n) is 6.13. The molecular weight excluding hydrogens is 196 g/mol. The zero-order chi connectivity index (χ0) is 12.0. The Morgan fingerprint density at radius 3 is 2.56 bits per heavy atom. The molecule has 1 aliphatic rings. The third kappa shape index (κ3) is 4.84. The van der Waals surface area contributed by atoms with Crippen molar-refractivity contribution in [2.24, 2.45) is 23.6 Å². The molecule has 3 atom stereocenters. The normalized spacial score (nSPS) is 28.3. The zero-order valence-corrected chi connectivity index (χ0v) is 11.3. The first kappa shape index (κ1) is 14.0. The van der Waals surface area contributed by atoms with Crippen molar-refractivity contribution in [3.8, 4) is 0 Å². The van der Waals surface area contributed by atoms with Gasteiger partial charge in [0.25, 0.3) is 0 Å². The molecule has 0 spiro atoms. The van der Waals surface area contributed by atoms with Gasteiger partial charge in [-0.1, -0.05) is 46.5 Å². The molecule has 0 radical (unpaired) electrons. The Labute approximate surface area is 101 Å². The molecule has 2 nitrogen and oxygen atoms in total. The summed E-state index contributed by atoms with van der Waals surface area (Å²) in [5, 5.41) is 0. The van der Waals surface area contributed by atoms with E-state index in [4.69, 9.17) is 5.84 Å². The van der Waals surface area contributed by atoms with Gasteiger partial charge in [0.05, 0.1) is 0 Å². The Kier molecular flexibility index (Phi) is 6.37. The fraction of sp³-hybridized carbons (Fsp3) is 1.00. The standard InChI is InChI=1S/C14H30N2/c1-11(2)6-4-9-14(16-15)13-8-5-7-12(3)10-13/h11-14,16H,4-10,15H2,1-3H3. The summed E-state index contributed by atoms with van der Waals surface area (Å²) in [6.07, 6.45) is 9.47. The van der Waals surface area contributed by atoms with Crippen LogP contribution in [-0.4, -0.2) is 6.04 Å². The fourth-order valence-corrected chi connectivity index (χ4v) is 3.05. The Bertz CT molecular complexity index is 180. The lowest BCUT2D eigenvalue weighted by molar-refractivity contribution is 0.212. The molecule has 3 N–H and O–H groups in total. The van der Waals surface area contributed by atoms with Gasteiger partial charge in [-0.15, -0.1) is 0 Å². The van der Waals surface area contributed by atoms with Crippen molar-refractivity contribution in [3.05, 3.63) is 0 Å². The number of rotatable bonds is 6. The van der Waals surface area contributed by atoms with E-state index in [2.05, 4.69) is 26.2 Å². The lowest BCUT2D eigenvalue weighted by atomic mass is 9.77. The van der Waals surface area contributed by atoms with E-state index in [1.807, 2.05) is 0 Å². The van der Waals surface area contributed by atoms with Crippen LogP contribution in [-0.2, 0) is 0 Å². The molecule has 3 unspecified atom stereocenters. The smallest absolute Gasteiger partial charge is 0.0238 e. The van der Waals surface area contributed by atoms with Gasteiger partial charge in [0.15, 0.2) is 0 Å². The van der Waals surface area contributed by atoms with E-state index in [0.29, 0.717) is 6.04 Å². The molecule has 0 amide bonds. The van der Waals surface area contributed by atoms with Crippen LogP contribution in [0.5, 0.6) is 0 Å². The molecule has 1 aliphatic carbocycles. The van der Waals surface area contributed by atoms with Crippen LogP contribution in [0.4, 0.5) is 0 Å². The predicted octanol–water partition coefficient (Wildman–Crippen LogP) is 3.47. The van der Waals surface area contributed by atoms with Gasteiger partial charge in [-0.05, 0) is 37.0 Å². The van der Waals surface area contributed by atoms with Crippen LogP contribution in [0.1, 0.15) is 65.7 Å². The number of hydrogen-bond acceptors (Lipinski definition) is 2. The van der Waals surface area contributed by atoms with Gasteiger partial charge >= 0.3 is 0 Å². The molecule has 1 fully saturated rings. The van der Waals surface area contributed by atoms with Crippen molar-refractivity contribution in [2.45, 2.75) is 71.8 Å². The highest BCUT2D eigenvalue weighted by molar-refractivity contribution is 4.80. The summed E-state index contributed by atoms with van der Waals surface area (Å²) in [6, 6.07) is 0.557. The molecule has 1 rings (SSSR count). The largest absolute Gasteiger partial charge is 0.271 e. The average Bonchev–Trinajstić information content (AvgIpc) is 2.24. The maximum atomic E-state index is 5.72. The van der Waals surface area contributed by atoms with E-state index in [0.717, 1.165) is 17.8 Å². The first-order valence-corrected chi connectivity index (χ1v) is 7.09. The molecule has 16 heavy (non-hydrogen) atoms. The highest BCUT2D eigenvalue weighted by Gasteiger charge is 2.25. The van der Waals surface area contributed by atoms with E-state index in [1.54, 1.807) is 0 Å². The average molecular weight is 226 g/mol. The maximum Gasteiger partial charge on any atom is 0.0238 e. The third-order valence-electron chi connectivity index (χ3n) is 4.06. The minimum atomic E-state index is 0.557. The van der Waals surface area contributed by atoms with Crippen LogP contribution < -0.4 is 11.3 Å². The van der Waals surface area contributed by atoms with E-state index in [9.17, 15) is 0 Å². The van der Waals surface area contributed by atoms with Crippen molar-refractivity contribution in [2.75, 3.05) is 0 Å². The van der Waals surface area contributed by atoms with Gasteiger partial charge in [-0.25, -0.2) is 0 Å². The third-order valence-corrected chi connectivity index (χ3v) is 4.06. The minimum Gasteiger partial charge on any atom is -0.271 e. The fourth-order valence-electron chi connectivity index (χ4n) is 3.05. The van der Waals surface area contributed by atoms with Crippen LogP contribution in [0.2, 0.25) is 0 Å². The summed E-state index contributed by atoms with van der Waals surface area (Å²) < 4.78 is 0. The Morgan fingerprint density at radius 1 is 1.25 bits per heavy atom. The Hall–Kier alpha value is -0.0800. The van der Waals surface area contributed by atoms with Crippen LogP contribution in [0, 0.1) is 17.8 Å². The van der Waals surface area contributed by atoms with Crippen molar-refractivity contribution in [3.63, 3.8) is 0 Å². The molecule has 1 saturated carbocycles. The summed E-state index contributed by atoms with van der Waals surface area (Å²) >= 11 is 0. The van der Waals surface area contributed by atoms with Crippen molar-refractivity contribution >= 4 is 0 Å². The number of hydrazine groups is 1. The molecule has 0 aromatic heterocycles. The zero-order valence-electron chi connectivity index (χ0n) is 11.3. The summed E-state index contributed by atoms with van der Waals surface area (Å²) in [7, 11) is 0. The van der Waals surface area contributed by atoms with Crippen LogP contribution in [0.3, 0.4) is 0 Å². The molecule has 0 aliphatic heterocycles. The SMILES string of the molecule is CC(C)CCCC(NN)C1CCCC(C)C1. The highest BCUT2D eigenvalue weighted by Crippen LogP contribution is 2.32. The van der Waals surface area contributed by atoms with Gasteiger partial charge < -0.3 is 0 Å². The second-order valence-corrected chi connectivity index (χ2v) is 6.13. The lowest BCUT2D eigenvalue weighted by Gasteiger charge is -2.33. The van der Waals surface area contributed by atoms with Gasteiger partial charge in [-0.3, -0.25) is 11.3 Å². The monoisotopic (exact) mass is 226 g/mol.